The first-order valence-corrected chi connectivity index (χ1v) is 5.90. The largest absolute Gasteiger partial charge is 0.491 e. The molecule has 5 heteroatoms. The van der Waals surface area contributed by atoms with Crippen LogP contribution in [0.5, 0.6) is 0 Å². The van der Waals surface area contributed by atoms with E-state index in [2.05, 4.69) is 15.9 Å². The molecule has 16 heavy (non-hydrogen) atoms. The topological polar surface area (TPSA) is 49.7 Å². The van der Waals surface area contributed by atoms with E-state index in [4.69, 9.17) is 9.76 Å². The van der Waals surface area contributed by atoms with Gasteiger partial charge in [0.1, 0.15) is 0 Å². The lowest BCUT2D eigenvalue weighted by Gasteiger charge is -2.22. The molecule has 0 amide bonds. The van der Waals surface area contributed by atoms with Gasteiger partial charge in [0.25, 0.3) is 0 Å². The fourth-order valence-electron chi connectivity index (χ4n) is 1.07. The van der Waals surface area contributed by atoms with Crippen LogP contribution in [0.25, 0.3) is 0 Å². The van der Waals surface area contributed by atoms with Crippen LogP contribution in [0.3, 0.4) is 0 Å². The zero-order chi connectivity index (χ0) is 12.2. The summed E-state index contributed by atoms with van der Waals surface area (Å²) in [5, 5.41) is 18.8. The summed E-state index contributed by atoms with van der Waals surface area (Å²) in [6.07, 6.45) is 0. The summed E-state index contributed by atoms with van der Waals surface area (Å²) in [5.41, 5.74) is 0.369. The van der Waals surface area contributed by atoms with E-state index < -0.39 is 7.12 Å². The second kappa shape index (κ2) is 5.82. The zero-order valence-corrected chi connectivity index (χ0v) is 11.1. The van der Waals surface area contributed by atoms with E-state index in [1.807, 2.05) is 26.0 Å². The van der Waals surface area contributed by atoms with Gasteiger partial charge in [-0.3, -0.25) is 0 Å². The highest BCUT2D eigenvalue weighted by Gasteiger charge is 2.22. The number of hydrogen-bond acceptors (Lipinski definition) is 3. The molecule has 0 unspecified atom stereocenters. The van der Waals surface area contributed by atoms with Gasteiger partial charge in [0.15, 0.2) is 0 Å². The van der Waals surface area contributed by atoms with Crippen LogP contribution in [0.2, 0.25) is 0 Å². The number of rotatable bonds is 5. The first kappa shape index (κ1) is 13.7. The van der Waals surface area contributed by atoms with Crippen molar-refractivity contribution in [1.29, 1.82) is 0 Å². The van der Waals surface area contributed by atoms with Crippen LogP contribution in [0.15, 0.2) is 28.7 Å². The molecule has 0 aliphatic heterocycles. The minimum absolute atomic E-state index is 0.0278. The number of aliphatic hydroxyl groups excluding tert-OH is 1. The third-order valence-corrected chi connectivity index (χ3v) is 2.74. The standard InChI is InChI=1S/C11H16BBrO3/c1-11(2,7-14)8-16-12(15)9-3-5-10(13)6-4-9/h3-6,14-15H,7-8H2,1-2H3. The molecule has 2 N–H and O–H groups in total. The lowest BCUT2D eigenvalue weighted by molar-refractivity contribution is 0.0886. The second-order valence-corrected chi connectivity index (χ2v) is 5.45. The number of halogens is 1. The highest BCUT2D eigenvalue weighted by Crippen LogP contribution is 2.14. The molecule has 0 fully saturated rings. The van der Waals surface area contributed by atoms with E-state index in [0.717, 1.165) is 4.47 Å². The monoisotopic (exact) mass is 286 g/mol. The molecule has 88 valence electrons. The van der Waals surface area contributed by atoms with E-state index in [9.17, 15) is 5.02 Å². The van der Waals surface area contributed by atoms with Crippen molar-refractivity contribution in [2.75, 3.05) is 13.2 Å². The summed E-state index contributed by atoms with van der Waals surface area (Å²) in [5.74, 6) is 0. The van der Waals surface area contributed by atoms with Crippen LogP contribution in [-0.2, 0) is 4.65 Å². The summed E-state index contributed by atoms with van der Waals surface area (Å²) in [6.45, 7) is 4.09. The summed E-state index contributed by atoms with van der Waals surface area (Å²) in [6, 6.07) is 7.28. The molecule has 0 saturated heterocycles. The highest BCUT2D eigenvalue weighted by molar-refractivity contribution is 9.10. The molecule has 3 nitrogen and oxygen atoms in total. The van der Waals surface area contributed by atoms with Gasteiger partial charge >= 0.3 is 7.12 Å². The van der Waals surface area contributed by atoms with Gasteiger partial charge in [-0.15, -0.1) is 0 Å². The Hall–Kier alpha value is -0.355. The van der Waals surface area contributed by atoms with Gasteiger partial charge in [-0.2, -0.15) is 0 Å². The first-order valence-electron chi connectivity index (χ1n) is 5.10. The summed E-state index contributed by atoms with van der Waals surface area (Å²) in [4.78, 5) is 0. The lowest BCUT2D eigenvalue weighted by atomic mass is 9.79. The van der Waals surface area contributed by atoms with Crippen molar-refractivity contribution in [1.82, 2.24) is 0 Å². The van der Waals surface area contributed by atoms with Crippen molar-refractivity contribution >= 4 is 28.5 Å². The van der Waals surface area contributed by atoms with E-state index >= 15 is 0 Å². The molecular formula is C11H16BBrO3. The minimum Gasteiger partial charge on any atom is -0.423 e. The molecule has 1 aromatic rings. The van der Waals surface area contributed by atoms with Crippen LogP contribution in [0.1, 0.15) is 13.8 Å². The summed E-state index contributed by atoms with van der Waals surface area (Å²) >= 11 is 3.32. The molecule has 0 spiro atoms. The van der Waals surface area contributed by atoms with E-state index in [1.54, 1.807) is 12.1 Å². The Morgan fingerprint density at radius 3 is 2.38 bits per heavy atom. The van der Waals surface area contributed by atoms with Gasteiger partial charge in [-0.1, -0.05) is 41.9 Å². The normalized spacial score (nSPS) is 11.6. The Kier molecular flexibility index (Phi) is 4.99. The minimum atomic E-state index is -0.945. The predicted molar refractivity (Wildman–Crippen MR) is 68.6 cm³/mol. The van der Waals surface area contributed by atoms with Crippen LogP contribution in [0, 0.1) is 5.41 Å². The zero-order valence-electron chi connectivity index (χ0n) is 9.48. The maximum atomic E-state index is 9.75. The SMILES string of the molecule is CC(C)(CO)COB(O)c1ccc(Br)cc1. The smallest absolute Gasteiger partial charge is 0.423 e. The fraction of sp³-hybridized carbons (Fsp3) is 0.455. The predicted octanol–water partition coefficient (Wildman–Crippen LogP) is 1.17. The van der Waals surface area contributed by atoms with Crippen LogP contribution < -0.4 is 5.46 Å². The Morgan fingerprint density at radius 2 is 1.88 bits per heavy atom. The van der Waals surface area contributed by atoms with Gasteiger partial charge < -0.3 is 14.8 Å². The highest BCUT2D eigenvalue weighted by atomic mass is 79.9. The molecule has 1 aromatic carbocycles. The first-order chi connectivity index (χ1) is 7.44. The third kappa shape index (κ3) is 4.25. The molecule has 0 aliphatic rings. The third-order valence-electron chi connectivity index (χ3n) is 2.22. The van der Waals surface area contributed by atoms with Crippen molar-refractivity contribution in [2.24, 2.45) is 5.41 Å². The van der Waals surface area contributed by atoms with Crippen molar-refractivity contribution < 1.29 is 14.8 Å². The van der Waals surface area contributed by atoms with E-state index in [-0.39, 0.29) is 12.0 Å². The molecule has 0 aliphatic carbocycles. The van der Waals surface area contributed by atoms with Gasteiger partial charge in [0, 0.05) is 16.5 Å². The molecule has 1 rings (SSSR count). The molecule has 0 saturated carbocycles. The maximum absolute atomic E-state index is 9.75. The van der Waals surface area contributed by atoms with Gasteiger partial charge in [0.05, 0.1) is 6.61 Å². The van der Waals surface area contributed by atoms with Gasteiger partial charge in [0.2, 0.25) is 0 Å². The average Bonchev–Trinajstić information content (AvgIpc) is 2.27. The second-order valence-electron chi connectivity index (χ2n) is 4.54. The van der Waals surface area contributed by atoms with Gasteiger partial charge in [-0.25, -0.2) is 0 Å². The van der Waals surface area contributed by atoms with E-state index in [1.165, 1.54) is 0 Å². The molecule has 0 bridgehead atoms. The van der Waals surface area contributed by atoms with Crippen LogP contribution in [-0.4, -0.2) is 30.5 Å². The quantitative estimate of drug-likeness (QED) is 0.799. The average molecular weight is 287 g/mol. The molecule has 0 atom stereocenters. The maximum Gasteiger partial charge on any atom is 0.491 e. The van der Waals surface area contributed by atoms with Crippen molar-refractivity contribution in [3.8, 4) is 0 Å². The van der Waals surface area contributed by atoms with Gasteiger partial charge in [-0.05, 0) is 17.6 Å². The van der Waals surface area contributed by atoms with E-state index in [0.29, 0.717) is 12.1 Å². The van der Waals surface area contributed by atoms with Crippen LogP contribution >= 0.6 is 15.9 Å². The lowest BCUT2D eigenvalue weighted by Crippen LogP contribution is -2.37. The van der Waals surface area contributed by atoms with Crippen molar-refractivity contribution in [3.63, 3.8) is 0 Å². The van der Waals surface area contributed by atoms with Crippen molar-refractivity contribution in [2.45, 2.75) is 13.8 Å². The van der Waals surface area contributed by atoms with Crippen molar-refractivity contribution in [3.05, 3.63) is 28.7 Å². The number of hydrogen-bond donors (Lipinski definition) is 2. The molecular weight excluding hydrogens is 271 g/mol. The Labute approximate surface area is 105 Å². The molecule has 0 radical (unpaired) electrons. The number of benzene rings is 1. The fourth-order valence-corrected chi connectivity index (χ4v) is 1.34. The number of aliphatic hydroxyl groups is 1. The summed E-state index contributed by atoms with van der Waals surface area (Å²) < 4.78 is 6.26. The Morgan fingerprint density at radius 1 is 1.31 bits per heavy atom. The van der Waals surface area contributed by atoms with Crippen LogP contribution in [0.4, 0.5) is 0 Å². The molecule has 0 heterocycles. The Balaban J connectivity index is 2.53. The Bertz CT molecular complexity index is 327. The molecule has 0 aromatic heterocycles. The summed E-state index contributed by atoms with van der Waals surface area (Å²) in [7, 11) is -0.945.